The Bertz CT molecular complexity index is 1150. The lowest BCUT2D eigenvalue weighted by Gasteiger charge is -2.18. The average Bonchev–Trinajstić information content (AvgIpc) is 3.10. The first-order valence-electron chi connectivity index (χ1n) is 9.15. The predicted octanol–water partition coefficient (Wildman–Crippen LogP) is 4.44. The number of aliphatic imine (C=N–C) groups is 1. The molecule has 0 radical (unpaired) electrons. The molecule has 0 bridgehead atoms. The summed E-state index contributed by atoms with van der Waals surface area (Å²) < 4.78 is 5.20. The van der Waals surface area contributed by atoms with Crippen LogP contribution in [0.5, 0.6) is 5.75 Å². The Hall–Kier alpha value is -4.26. The van der Waals surface area contributed by atoms with Gasteiger partial charge >= 0.3 is 0 Å². The number of methoxy groups -OCH3 is 1. The summed E-state index contributed by atoms with van der Waals surface area (Å²) in [5, 5.41) is 10.9. The number of hydrogen-bond donors (Lipinski definition) is 0. The van der Waals surface area contributed by atoms with Crippen molar-refractivity contribution in [1.29, 1.82) is 0 Å². The molecule has 0 saturated heterocycles. The van der Waals surface area contributed by atoms with Gasteiger partial charge in [0.15, 0.2) is 0 Å². The first-order valence-corrected chi connectivity index (χ1v) is 9.15. The van der Waals surface area contributed by atoms with Gasteiger partial charge < -0.3 is 4.74 Å². The standard InChI is InChI=1S/C23H17N3O4/c1-30-20-13-11-18(12-14-20)25-22(17-5-3-2-4-6-17)24-21(23(25)27)15-16-7-9-19(10-8-16)26(28)29/h2-15H,1H3. The Morgan fingerprint density at radius 3 is 2.23 bits per heavy atom. The second kappa shape index (κ2) is 8.00. The monoisotopic (exact) mass is 399 g/mol. The van der Waals surface area contributed by atoms with Crippen molar-refractivity contribution in [3.8, 4) is 5.75 Å². The van der Waals surface area contributed by atoms with Gasteiger partial charge in [-0.15, -0.1) is 0 Å². The molecule has 1 heterocycles. The van der Waals surface area contributed by atoms with Crippen LogP contribution in [0.25, 0.3) is 6.08 Å². The minimum atomic E-state index is -0.464. The summed E-state index contributed by atoms with van der Waals surface area (Å²) in [6.07, 6.45) is 1.62. The summed E-state index contributed by atoms with van der Waals surface area (Å²) >= 11 is 0. The summed E-state index contributed by atoms with van der Waals surface area (Å²) in [5.74, 6) is 0.918. The number of non-ortho nitro benzene ring substituents is 1. The van der Waals surface area contributed by atoms with Crippen LogP contribution in [-0.2, 0) is 4.79 Å². The molecule has 148 valence electrons. The Kier molecular flexibility index (Phi) is 5.09. The largest absolute Gasteiger partial charge is 0.497 e. The van der Waals surface area contributed by atoms with Gasteiger partial charge in [0.1, 0.15) is 17.3 Å². The number of carbonyl (C=O) groups is 1. The Labute approximate surface area is 172 Å². The lowest BCUT2D eigenvalue weighted by Crippen LogP contribution is -2.32. The normalized spacial score (nSPS) is 14.7. The van der Waals surface area contributed by atoms with Crippen molar-refractivity contribution >= 4 is 29.2 Å². The van der Waals surface area contributed by atoms with Crippen LogP contribution in [0.4, 0.5) is 11.4 Å². The molecule has 0 N–H and O–H groups in total. The van der Waals surface area contributed by atoms with Crippen LogP contribution in [0.2, 0.25) is 0 Å². The van der Waals surface area contributed by atoms with Crippen molar-refractivity contribution < 1.29 is 14.5 Å². The molecule has 7 nitrogen and oxygen atoms in total. The number of hydrogen-bond acceptors (Lipinski definition) is 5. The molecule has 1 aliphatic rings. The van der Waals surface area contributed by atoms with E-state index in [1.807, 2.05) is 30.3 Å². The topological polar surface area (TPSA) is 85.0 Å². The number of amidine groups is 1. The number of benzene rings is 3. The maximum Gasteiger partial charge on any atom is 0.282 e. The summed E-state index contributed by atoms with van der Waals surface area (Å²) in [4.78, 5) is 29.7. The quantitative estimate of drug-likeness (QED) is 0.361. The van der Waals surface area contributed by atoms with E-state index in [-0.39, 0.29) is 17.3 Å². The second-order valence-electron chi connectivity index (χ2n) is 6.52. The van der Waals surface area contributed by atoms with Gasteiger partial charge in [0, 0.05) is 17.7 Å². The van der Waals surface area contributed by atoms with E-state index in [1.165, 1.54) is 12.1 Å². The smallest absolute Gasteiger partial charge is 0.282 e. The first kappa shape index (κ1) is 19.1. The van der Waals surface area contributed by atoms with Crippen molar-refractivity contribution in [1.82, 2.24) is 0 Å². The van der Waals surface area contributed by atoms with Crippen molar-refractivity contribution in [2.75, 3.05) is 12.0 Å². The van der Waals surface area contributed by atoms with Crippen LogP contribution in [0.3, 0.4) is 0 Å². The van der Waals surface area contributed by atoms with E-state index in [2.05, 4.69) is 4.99 Å². The van der Waals surface area contributed by atoms with Crippen LogP contribution in [0.15, 0.2) is 89.6 Å². The molecule has 1 amide bonds. The fourth-order valence-corrected chi connectivity index (χ4v) is 3.12. The molecular weight excluding hydrogens is 382 g/mol. The average molecular weight is 399 g/mol. The van der Waals surface area contributed by atoms with Gasteiger partial charge in [-0.25, -0.2) is 4.99 Å². The van der Waals surface area contributed by atoms with E-state index >= 15 is 0 Å². The lowest BCUT2D eigenvalue weighted by atomic mass is 10.1. The number of amides is 1. The zero-order valence-corrected chi connectivity index (χ0v) is 16.1. The van der Waals surface area contributed by atoms with Gasteiger partial charge in [-0.1, -0.05) is 30.3 Å². The lowest BCUT2D eigenvalue weighted by molar-refractivity contribution is -0.384. The van der Waals surface area contributed by atoms with Gasteiger partial charge in [-0.05, 0) is 48.0 Å². The number of nitro groups is 1. The van der Waals surface area contributed by atoms with E-state index in [4.69, 9.17) is 4.74 Å². The van der Waals surface area contributed by atoms with Gasteiger partial charge in [0.2, 0.25) is 0 Å². The molecule has 0 atom stereocenters. The molecule has 0 spiro atoms. The van der Waals surface area contributed by atoms with E-state index < -0.39 is 4.92 Å². The molecule has 0 fully saturated rings. The number of nitro benzene ring substituents is 1. The van der Waals surface area contributed by atoms with E-state index in [9.17, 15) is 14.9 Å². The van der Waals surface area contributed by atoms with E-state index in [1.54, 1.807) is 54.5 Å². The predicted molar refractivity (Wildman–Crippen MR) is 115 cm³/mol. The summed E-state index contributed by atoms with van der Waals surface area (Å²) in [5.41, 5.74) is 2.35. The highest BCUT2D eigenvalue weighted by molar-refractivity contribution is 6.33. The fraction of sp³-hybridized carbons (Fsp3) is 0.0435. The number of ether oxygens (including phenoxy) is 1. The Morgan fingerprint density at radius 2 is 1.63 bits per heavy atom. The van der Waals surface area contributed by atoms with E-state index in [0.717, 1.165) is 5.56 Å². The summed E-state index contributed by atoms with van der Waals surface area (Å²) in [6.45, 7) is 0. The molecule has 0 aliphatic carbocycles. The van der Waals surface area contributed by atoms with Crippen molar-refractivity contribution in [2.24, 2.45) is 4.99 Å². The fourth-order valence-electron chi connectivity index (χ4n) is 3.12. The summed E-state index contributed by atoms with van der Waals surface area (Å²) in [7, 11) is 1.58. The number of nitrogens with zero attached hydrogens (tertiary/aromatic N) is 3. The van der Waals surface area contributed by atoms with Crippen LogP contribution in [0, 0.1) is 10.1 Å². The molecule has 7 heteroatoms. The van der Waals surface area contributed by atoms with Crippen molar-refractivity contribution in [3.63, 3.8) is 0 Å². The Morgan fingerprint density at radius 1 is 0.967 bits per heavy atom. The molecule has 4 rings (SSSR count). The molecule has 3 aromatic carbocycles. The zero-order chi connectivity index (χ0) is 21.1. The summed E-state index contributed by atoms with van der Waals surface area (Å²) in [6, 6.07) is 22.6. The maximum absolute atomic E-state index is 13.2. The number of anilines is 1. The first-order chi connectivity index (χ1) is 14.6. The van der Waals surface area contributed by atoms with Crippen LogP contribution >= 0.6 is 0 Å². The van der Waals surface area contributed by atoms with Crippen LogP contribution < -0.4 is 9.64 Å². The van der Waals surface area contributed by atoms with Gasteiger partial charge in [-0.3, -0.25) is 19.8 Å². The van der Waals surface area contributed by atoms with Gasteiger partial charge in [0.05, 0.1) is 17.7 Å². The van der Waals surface area contributed by atoms with Crippen molar-refractivity contribution in [3.05, 3.63) is 106 Å². The molecule has 1 aliphatic heterocycles. The Balaban J connectivity index is 1.76. The zero-order valence-electron chi connectivity index (χ0n) is 16.1. The second-order valence-corrected chi connectivity index (χ2v) is 6.52. The molecule has 0 unspecified atom stereocenters. The third-order valence-electron chi connectivity index (χ3n) is 4.63. The minimum Gasteiger partial charge on any atom is -0.497 e. The third-order valence-corrected chi connectivity index (χ3v) is 4.63. The number of rotatable bonds is 5. The SMILES string of the molecule is COc1ccc(N2C(=O)C(=Cc3ccc([N+](=O)[O-])cc3)N=C2c2ccccc2)cc1. The maximum atomic E-state index is 13.2. The highest BCUT2D eigenvalue weighted by Gasteiger charge is 2.32. The van der Waals surface area contributed by atoms with Crippen molar-refractivity contribution in [2.45, 2.75) is 0 Å². The highest BCUT2D eigenvalue weighted by Crippen LogP contribution is 2.29. The van der Waals surface area contributed by atoms with Gasteiger partial charge in [-0.2, -0.15) is 0 Å². The third kappa shape index (κ3) is 3.68. The number of carbonyl (C=O) groups excluding carboxylic acids is 1. The molecular formula is C23H17N3O4. The molecule has 0 aromatic heterocycles. The van der Waals surface area contributed by atoms with E-state index in [0.29, 0.717) is 22.8 Å². The minimum absolute atomic E-state index is 0.0109. The molecule has 0 saturated carbocycles. The van der Waals surface area contributed by atoms with Crippen LogP contribution in [0.1, 0.15) is 11.1 Å². The molecule has 30 heavy (non-hydrogen) atoms. The highest BCUT2D eigenvalue weighted by atomic mass is 16.6. The molecule has 3 aromatic rings. The van der Waals surface area contributed by atoms with Crippen LogP contribution in [-0.4, -0.2) is 23.8 Å². The van der Waals surface area contributed by atoms with Gasteiger partial charge in [0.25, 0.3) is 11.6 Å².